The van der Waals surface area contributed by atoms with E-state index in [1.807, 2.05) is 6.92 Å². The topological polar surface area (TPSA) is 26.3 Å². The molecule has 2 nitrogen and oxygen atoms in total. The van der Waals surface area contributed by atoms with E-state index in [1.54, 1.807) is 18.2 Å². The third kappa shape index (κ3) is 3.31. The largest absolute Gasteiger partial charge is 0.485 e. The molecular weight excluding hydrogens is 267 g/mol. The molecule has 0 unspecified atom stereocenters. The molecule has 0 spiro atoms. The molecule has 0 heterocycles. The zero-order valence-corrected chi connectivity index (χ0v) is 10.1. The van der Waals surface area contributed by atoms with Gasteiger partial charge in [-0.15, -0.1) is 0 Å². The lowest BCUT2D eigenvalue weighted by atomic mass is 10.3. The molecule has 0 aliphatic carbocycles. The van der Waals surface area contributed by atoms with Crippen molar-refractivity contribution in [1.29, 1.82) is 0 Å². The van der Waals surface area contributed by atoms with Crippen LogP contribution in [0.1, 0.15) is 13.3 Å². The van der Waals surface area contributed by atoms with E-state index >= 15 is 0 Å². The molecule has 0 amide bonds. The van der Waals surface area contributed by atoms with Crippen LogP contribution in [0.5, 0.6) is 5.75 Å². The first-order chi connectivity index (χ1) is 6.63. The highest BCUT2D eigenvalue weighted by Crippen LogP contribution is 2.27. The minimum Gasteiger partial charge on any atom is -0.485 e. The van der Waals surface area contributed by atoms with Crippen LogP contribution in [0.3, 0.4) is 0 Å². The Morgan fingerprint density at radius 1 is 1.57 bits per heavy atom. The molecule has 0 saturated carbocycles. The van der Waals surface area contributed by atoms with E-state index in [9.17, 15) is 4.79 Å². The molecule has 0 N–H and O–H groups in total. The highest BCUT2D eigenvalue weighted by molar-refractivity contribution is 9.10. The first-order valence-corrected chi connectivity index (χ1v) is 5.40. The van der Waals surface area contributed by atoms with Crippen molar-refractivity contribution in [3.63, 3.8) is 0 Å². The number of benzene rings is 1. The molecular formula is C10H10BrClO2. The number of ketones is 1. The second-order valence-electron chi connectivity index (χ2n) is 2.76. The summed E-state index contributed by atoms with van der Waals surface area (Å²) in [7, 11) is 0. The average Bonchev–Trinajstić information content (AvgIpc) is 2.16. The van der Waals surface area contributed by atoms with Gasteiger partial charge in [0.05, 0.1) is 4.47 Å². The fraction of sp³-hybridized carbons (Fsp3) is 0.300. The Balaban J connectivity index is 2.63. The molecule has 0 bridgehead atoms. The number of ether oxygens (including phenoxy) is 1. The second-order valence-corrected chi connectivity index (χ2v) is 4.05. The highest BCUT2D eigenvalue weighted by Gasteiger charge is 2.04. The molecule has 0 saturated heterocycles. The maximum Gasteiger partial charge on any atom is 0.169 e. The maximum absolute atomic E-state index is 11.0. The summed E-state index contributed by atoms with van der Waals surface area (Å²) in [6.45, 7) is 1.92. The lowest BCUT2D eigenvalue weighted by Crippen LogP contribution is -2.09. The third-order valence-electron chi connectivity index (χ3n) is 1.68. The number of hydrogen-bond acceptors (Lipinski definition) is 2. The summed E-state index contributed by atoms with van der Waals surface area (Å²) in [6, 6.07) is 5.18. The zero-order chi connectivity index (χ0) is 10.6. The maximum atomic E-state index is 11.0. The van der Waals surface area contributed by atoms with Crippen molar-refractivity contribution in [2.24, 2.45) is 0 Å². The number of carbonyl (C=O) groups excluding carboxylic acids is 1. The summed E-state index contributed by atoms with van der Waals surface area (Å²) in [5.41, 5.74) is 0. The van der Waals surface area contributed by atoms with Crippen LogP contribution in [0.4, 0.5) is 0 Å². The van der Waals surface area contributed by atoms with E-state index < -0.39 is 0 Å². The van der Waals surface area contributed by atoms with Gasteiger partial charge in [-0.3, -0.25) is 4.79 Å². The van der Waals surface area contributed by atoms with Gasteiger partial charge in [0.25, 0.3) is 0 Å². The molecule has 1 aromatic rings. The van der Waals surface area contributed by atoms with E-state index in [1.165, 1.54) is 0 Å². The van der Waals surface area contributed by atoms with E-state index in [0.29, 0.717) is 17.2 Å². The summed E-state index contributed by atoms with van der Waals surface area (Å²) >= 11 is 9.05. The Kier molecular flexibility index (Phi) is 4.42. The number of rotatable bonds is 4. The Hall–Kier alpha value is -0.540. The minimum atomic E-state index is 0.0758. The van der Waals surface area contributed by atoms with Crippen LogP contribution in [0.15, 0.2) is 22.7 Å². The van der Waals surface area contributed by atoms with Gasteiger partial charge in [-0.05, 0) is 34.1 Å². The Morgan fingerprint density at radius 3 is 2.86 bits per heavy atom. The molecule has 1 rings (SSSR count). The molecule has 0 radical (unpaired) electrons. The molecule has 76 valence electrons. The normalized spacial score (nSPS) is 9.93. The van der Waals surface area contributed by atoms with E-state index in [0.717, 1.165) is 4.47 Å². The molecule has 0 atom stereocenters. The summed E-state index contributed by atoms with van der Waals surface area (Å²) < 4.78 is 6.05. The smallest absolute Gasteiger partial charge is 0.169 e. The lowest BCUT2D eigenvalue weighted by Gasteiger charge is -2.06. The number of Topliss-reactive ketones (excluding diaryl/α,β-unsaturated/α-hetero) is 1. The van der Waals surface area contributed by atoms with Crippen LogP contribution in [0.25, 0.3) is 0 Å². The zero-order valence-electron chi connectivity index (χ0n) is 7.72. The molecule has 0 aromatic heterocycles. The number of halogens is 2. The summed E-state index contributed by atoms with van der Waals surface area (Å²) in [6.07, 6.45) is 0.491. The van der Waals surface area contributed by atoms with Gasteiger partial charge in [0.2, 0.25) is 0 Å². The standard InChI is InChI=1S/C10H10BrClO2/c1-2-8(13)6-14-10-4-3-7(12)5-9(10)11/h3-5H,2,6H2,1H3. The van der Waals surface area contributed by atoms with Gasteiger partial charge >= 0.3 is 0 Å². The monoisotopic (exact) mass is 276 g/mol. The van der Waals surface area contributed by atoms with Crippen LogP contribution in [-0.2, 0) is 4.79 Å². The number of hydrogen-bond donors (Lipinski definition) is 0. The summed E-state index contributed by atoms with van der Waals surface area (Å²) in [5, 5.41) is 0.631. The molecule has 0 fully saturated rings. The molecule has 0 aliphatic rings. The molecule has 4 heteroatoms. The fourth-order valence-electron chi connectivity index (χ4n) is 0.853. The number of carbonyl (C=O) groups is 1. The van der Waals surface area contributed by atoms with Crippen LogP contribution >= 0.6 is 27.5 Å². The van der Waals surface area contributed by atoms with Gasteiger partial charge < -0.3 is 4.74 Å². The fourth-order valence-corrected chi connectivity index (χ4v) is 1.65. The van der Waals surface area contributed by atoms with E-state index in [2.05, 4.69) is 15.9 Å². The first-order valence-electron chi connectivity index (χ1n) is 4.23. The van der Waals surface area contributed by atoms with Crippen LogP contribution < -0.4 is 4.74 Å². The second kappa shape index (κ2) is 5.37. The van der Waals surface area contributed by atoms with Gasteiger partial charge in [0.15, 0.2) is 5.78 Å². The third-order valence-corrected chi connectivity index (χ3v) is 2.53. The van der Waals surface area contributed by atoms with E-state index in [4.69, 9.17) is 16.3 Å². The highest BCUT2D eigenvalue weighted by atomic mass is 79.9. The van der Waals surface area contributed by atoms with E-state index in [-0.39, 0.29) is 12.4 Å². The molecule has 1 aromatic carbocycles. The summed E-state index contributed by atoms with van der Waals surface area (Å²) in [4.78, 5) is 11.0. The lowest BCUT2D eigenvalue weighted by molar-refractivity contribution is -0.120. The quantitative estimate of drug-likeness (QED) is 0.842. The van der Waals surface area contributed by atoms with Crippen LogP contribution in [0.2, 0.25) is 5.02 Å². The van der Waals surface area contributed by atoms with Gasteiger partial charge in [0.1, 0.15) is 12.4 Å². The minimum absolute atomic E-state index is 0.0758. The molecule has 0 aliphatic heterocycles. The predicted octanol–water partition coefficient (Wildman–Crippen LogP) is 3.46. The van der Waals surface area contributed by atoms with Crippen molar-refractivity contribution in [1.82, 2.24) is 0 Å². The van der Waals surface area contributed by atoms with Crippen molar-refractivity contribution in [3.05, 3.63) is 27.7 Å². The van der Waals surface area contributed by atoms with Crippen molar-refractivity contribution >= 4 is 33.3 Å². The average molecular weight is 278 g/mol. The Morgan fingerprint density at radius 2 is 2.29 bits per heavy atom. The van der Waals surface area contributed by atoms with Crippen molar-refractivity contribution in [2.75, 3.05) is 6.61 Å². The van der Waals surface area contributed by atoms with Crippen molar-refractivity contribution < 1.29 is 9.53 Å². The predicted molar refractivity (Wildman–Crippen MR) is 59.9 cm³/mol. The Bertz CT molecular complexity index is 339. The van der Waals surface area contributed by atoms with Crippen LogP contribution in [-0.4, -0.2) is 12.4 Å². The Labute approximate surface area is 96.3 Å². The van der Waals surface area contributed by atoms with Gasteiger partial charge in [-0.25, -0.2) is 0 Å². The SMILES string of the molecule is CCC(=O)COc1ccc(Cl)cc1Br. The first kappa shape index (κ1) is 11.5. The van der Waals surface area contributed by atoms with Gasteiger partial charge in [0, 0.05) is 11.4 Å². The molecule has 14 heavy (non-hydrogen) atoms. The van der Waals surface area contributed by atoms with Crippen molar-refractivity contribution in [3.8, 4) is 5.75 Å². The van der Waals surface area contributed by atoms with Crippen LogP contribution in [0, 0.1) is 0 Å². The van der Waals surface area contributed by atoms with Gasteiger partial charge in [-0.1, -0.05) is 18.5 Å². The van der Waals surface area contributed by atoms with Gasteiger partial charge in [-0.2, -0.15) is 0 Å². The van der Waals surface area contributed by atoms with Crippen molar-refractivity contribution in [2.45, 2.75) is 13.3 Å². The summed E-state index contributed by atoms with van der Waals surface area (Å²) in [5.74, 6) is 0.711.